The number of hydrogen-bond donors (Lipinski definition) is 1. The third-order valence-corrected chi connectivity index (χ3v) is 2.87. The maximum absolute atomic E-state index is 8.74. The topological polar surface area (TPSA) is 47.9 Å². The Morgan fingerprint density at radius 1 is 1.17 bits per heavy atom. The first kappa shape index (κ1) is 13.1. The molecule has 0 amide bonds. The summed E-state index contributed by atoms with van der Waals surface area (Å²) in [6.07, 6.45) is 5.20. The lowest BCUT2D eigenvalue weighted by molar-refractivity contribution is -0.343. The van der Waals surface area contributed by atoms with Crippen molar-refractivity contribution in [3.05, 3.63) is 42.0 Å². The van der Waals surface area contributed by atoms with E-state index < -0.39 is 0 Å². The number of methoxy groups -OCH3 is 1. The Balaban J connectivity index is 1.94. The van der Waals surface area contributed by atoms with Gasteiger partial charge >= 0.3 is 0 Å². The third-order valence-electron chi connectivity index (χ3n) is 2.87. The van der Waals surface area contributed by atoms with Crippen LogP contribution < -0.4 is 4.74 Å². The van der Waals surface area contributed by atoms with Gasteiger partial charge in [-0.25, -0.2) is 9.78 Å². The van der Waals surface area contributed by atoms with Gasteiger partial charge in [-0.05, 0) is 36.6 Å². The smallest absolute Gasteiger partial charge is 0.136 e. The fourth-order valence-corrected chi connectivity index (χ4v) is 1.82. The standard InChI is InChI=1S/C14H18O4/c1-16-12-6-4-11(5-7-12)14-9-8-13(17-18-14)3-2-10-15/h4-9,13-15H,2-3,10H2,1H3/t13-,14-/m0/s1. The highest BCUT2D eigenvalue weighted by Crippen LogP contribution is 2.26. The van der Waals surface area contributed by atoms with Crippen LogP contribution in [0.1, 0.15) is 24.5 Å². The summed E-state index contributed by atoms with van der Waals surface area (Å²) in [4.78, 5) is 10.6. The van der Waals surface area contributed by atoms with E-state index in [1.165, 1.54) is 0 Å². The van der Waals surface area contributed by atoms with Crippen molar-refractivity contribution < 1.29 is 19.6 Å². The van der Waals surface area contributed by atoms with E-state index in [1.54, 1.807) is 7.11 Å². The second kappa shape index (κ2) is 6.54. The highest BCUT2D eigenvalue weighted by atomic mass is 17.2. The van der Waals surface area contributed by atoms with Gasteiger partial charge in [-0.15, -0.1) is 0 Å². The van der Waals surface area contributed by atoms with Crippen LogP contribution in [-0.2, 0) is 9.78 Å². The molecule has 1 aliphatic heterocycles. The van der Waals surface area contributed by atoms with Crippen LogP contribution in [0.5, 0.6) is 5.75 Å². The fraction of sp³-hybridized carbons (Fsp3) is 0.429. The summed E-state index contributed by atoms with van der Waals surface area (Å²) >= 11 is 0. The highest BCUT2D eigenvalue weighted by molar-refractivity contribution is 5.30. The van der Waals surface area contributed by atoms with E-state index in [0.29, 0.717) is 6.42 Å². The summed E-state index contributed by atoms with van der Waals surface area (Å²) in [5.41, 5.74) is 1.02. The molecule has 0 bridgehead atoms. The van der Waals surface area contributed by atoms with E-state index in [4.69, 9.17) is 19.6 Å². The summed E-state index contributed by atoms with van der Waals surface area (Å²) in [6, 6.07) is 7.69. The second-order valence-electron chi connectivity index (χ2n) is 4.18. The van der Waals surface area contributed by atoms with E-state index in [2.05, 4.69) is 0 Å². The molecule has 0 aliphatic carbocycles. The van der Waals surface area contributed by atoms with Crippen molar-refractivity contribution >= 4 is 0 Å². The fourth-order valence-electron chi connectivity index (χ4n) is 1.82. The molecule has 0 unspecified atom stereocenters. The van der Waals surface area contributed by atoms with Gasteiger partial charge in [-0.2, -0.15) is 0 Å². The minimum Gasteiger partial charge on any atom is -0.497 e. The predicted molar refractivity (Wildman–Crippen MR) is 67.2 cm³/mol. The second-order valence-corrected chi connectivity index (χ2v) is 4.18. The average Bonchev–Trinajstić information content (AvgIpc) is 2.46. The molecule has 2 rings (SSSR count). The molecule has 0 aromatic heterocycles. The van der Waals surface area contributed by atoms with E-state index in [9.17, 15) is 0 Å². The number of rotatable bonds is 5. The Morgan fingerprint density at radius 2 is 1.94 bits per heavy atom. The van der Waals surface area contributed by atoms with Crippen LogP contribution in [-0.4, -0.2) is 24.9 Å². The van der Waals surface area contributed by atoms with Crippen LogP contribution in [0, 0.1) is 0 Å². The average molecular weight is 250 g/mol. The van der Waals surface area contributed by atoms with Crippen LogP contribution >= 0.6 is 0 Å². The summed E-state index contributed by atoms with van der Waals surface area (Å²) in [7, 11) is 1.64. The summed E-state index contributed by atoms with van der Waals surface area (Å²) in [6.45, 7) is 0.176. The predicted octanol–water partition coefficient (Wildman–Crippen LogP) is 2.40. The molecule has 1 heterocycles. The van der Waals surface area contributed by atoms with Gasteiger partial charge in [-0.1, -0.05) is 18.2 Å². The van der Waals surface area contributed by atoms with Gasteiger partial charge < -0.3 is 9.84 Å². The van der Waals surface area contributed by atoms with Crippen LogP contribution in [0.4, 0.5) is 0 Å². The lowest BCUT2D eigenvalue weighted by Crippen LogP contribution is -2.18. The molecule has 0 radical (unpaired) electrons. The summed E-state index contributed by atoms with van der Waals surface area (Å²) < 4.78 is 5.10. The molecule has 0 fully saturated rings. The molecule has 4 heteroatoms. The lowest BCUT2D eigenvalue weighted by atomic mass is 10.1. The molecule has 18 heavy (non-hydrogen) atoms. The Morgan fingerprint density at radius 3 is 2.50 bits per heavy atom. The Hall–Kier alpha value is -1.36. The third kappa shape index (κ3) is 3.32. The number of benzene rings is 1. The Bertz CT molecular complexity index is 385. The highest BCUT2D eigenvalue weighted by Gasteiger charge is 2.18. The normalized spacial score (nSPS) is 23.0. The van der Waals surface area contributed by atoms with Crippen LogP contribution in [0.25, 0.3) is 0 Å². The number of aliphatic hydroxyl groups is 1. The van der Waals surface area contributed by atoms with Crippen molar-refractivity contribution in [2.75, 3.05) is 13.7 Å². The molecule has 98 valence electrons. The van der Waals surface area contributed by atoms with Gasteiger partial charge in [0.25, 0.3) is 0 Å². The van der Waals surface area contributed by atoms with Crippen molar-refractivity contribution in [1.29, 1.82) is 0 Å². The zero-order chi connectivity index (χ0) is 12.8. The van der Waals surface area contributed by atoms with Crippen molar-refractivity contribution in [2.24, 2.45) is 0 Å². The molecule has 0 saturated heterocycles. The van der Waals surface area contributed by atoms with Gasteiger partial charge in [0.1, 0.15) is 18.0 Å². The quantitative estimate of drug-likeness (QED) is 0.644. The van der Waals surface area contributed by atoms with Gasteiger partial charge in [0, 0.05) is 6.61 Å². The van der Waals surface area contributed by atoms with E-state index in [0.717, 1.165) is 17.7 Å². The molecular formula is C14H18O4. The molecule has 1 aliphatic rings. The van der Waals surface area contributed by atoms with E-state index in [-0.39, 0.29) is 18.8 Å². The minimum atomic E-state index is -0.179. The van der Waals surface area contributed by atoms with Crippen molar-refractivity contribution in [1.82, 2.24) is 0 Å². The molecule has 0 saturated carbocycles. The van der Waals surface area contributed by atoms with Crippen molar-refractivity contribution in [2.45, 2.75) is 25.0 Å². The zero-order valence-electron chi connectivity index (χ0n) is 10.4. The number of ether oxygens (including phenoxy) is 1. The Labute approximate surface area is 107 Å². The van der Waals surface area contributed by atoms with Crippen molar-refractivity contribution in [3.63, 3.8) is 0 Å². The van der Waals surface area contributed by atoms with Crippen molar-refractivity contribution in [3.8, 4) is 5.75 Å². The first-order chi connectivity index (χ1) is 8.83. The summed E-state index contributed by atoms with van der Waals surface area (Å²) in [5.74, 6) is 0.820. The monoisotopic (exact) mass is 250 g/mol. The van der Waals surface area contributed by atoms with Gasteiger partial charge in [-0.3, -0.25) is 0 Å². The molecular weight excluding hydrogens is 232 g/mol. The van der Waals surface area contributed by atoms with E-state index >= 15 is 0 Å². The SMILES string of the molecule is COc1ccc([C@@H]2C=C[C@H](CCCO)OO2)cc1. The summed E-state index contributed by atoms with van der Waals surface area (Å²) in [5, 5.41) is 8.74. The van der Waals surface area contributed by atoms with Gasteiger partial charge in [0.05, 0.1) is 7.11 Å². The molecule has 0 spiro atoms. The largest absolute Gasteiger partial charge is 0.497 e. The van der Waals surface area contributed by atoms with Gasteiger partial charge in [0.15, 0.2) is 0 Å². The maximum atomic E-state index is 8.74. The Kier molecular flexibility index (Phi) is 4.75. The van der Waals surface area contributed by atoms with Gasteiger partial charge in [0.2, 0.25) is 0 Å². The molecule has 2 atom stereocenters. The molecule has 1 N–H and O–H groups in total. The molecule has 1 aromatic carbocycles. The first-order valence-corrected chi connectivity index (χ1v) is 6.08. The molecule has 4 nitrogen and oxygen atoms in total. The van der Waals surface area contributed by atoms with Crippen LogP contribution in [0.2, 0.25) is 0 Å². The van der Waals surface area contributed by atoms with Crippen LogP contribution in [0.3, 0.4) is 0 Å². The van der Waals surface area contributed by atoms with E-state index in [1.807, 2.05) is 36.4 Å². The number of aliphatic hydroxyl groups excluding tert-OH is 1. The van der Waals surface area contributed by atoms with Crippen LogP contribution in [0.15, 0.2) is 36.4 Å². The molecule has 1 aromatic rings. The first-order valence-electron chi connectivity index (χ1n) is 6.08. The lowest BCUT2D eigenvalue weighted by Gasteiger charge is -2.22. The minimum absolute atomic E-state index is 0.0633. The number of hydrogen-bond acceptors (Lipinski definition) is 4. The maximum Gasteiger partial charge on any atom is 0.136 e. The zero-order valence-corrected chi connectivity index (χ0v) is 10.4.